The summed E-state index contributed by atoms with van der Waals surface area (Å²) in [5.74, 6) is -1.06. The van der Waals surface area contributed by atoms with Crippen LogP contribution >= 0.6 is 0 Å². The van der Waals surface area contributed by atoms with E-state index < -0.39 is 23.2 Å². The number of hydrogen-bond donors (Lipinski definition) is 2. The maximum atomic E-state index is 12.8. The van der Waals surface area contributed by atoms with E-state index in [0.717, 1.165) is 6.07 Å². The van der Waals surface area contributed by atoms with Gasteiger partial charge < -0.3 is 10.4 Å². The van der Waals surface area contributed by atoms with Gasteiger partial charge in [0.25, 0.3) is 0 Å². The van der Waals surface area contributed by atoms with Crippen molar-refractivity contribution < 1.29 is 23.1 Å². The van der Waals surface area contributed by atoms with Crippen LogP contribution in [0.25, 0.3) is 0 Å². The van der Waals surface area contributed by atoms with Gasteiger partial charge in [0, 0.05) is 5.69 Å². The Morgan fingerprint density at radius 1 is 1.44 bits per heavy atom. The Kier molecular flexibility index (Phi) is 2.76. The Hall–Kier alpha value is -1.72. The van der Waals surface area contributed by atoms with Crippen molar-refractivity contribution in [3.05, 3.63) is 29.3 Å². The van der Waals surface area contributed by atoms with Gasteiger partial charge in [-0.15, -0.1) is 0 Å². The molecule has 0 spiro atoms. The molecule has 1 aromatic carbocycles. The third-order valence-corrected chi connectivity index (χ3v) is 3.24. The highest BCUT2D eigenvalue weighted by Crippen LogP contribution is 2.39. The van der Waals surface area contributed by atoms with Gasteiger partial charge >= 0.3 is 12.1 Å². The molecule has 0 bridgehead atoms. The van der Waals surface area contributed by atoms with Crippen LogP contribution in [0, 0.1) is 0 Å². The van der Waals surface area contributed by atoms with Crippen molar-refractivity contribution in [2.75, 3.05) is 5.32 Å². The number of nitrogens with one attached hydrogen (secondary N) is 1. The third kappa shape index (κ3) is 2.02. The quantitative estimate of drug-likeness (QED) is 0.815. The lowest BCUT2D eigenvalue weighted by molar-refractivity contribution is -0.142. The maximum Gasteiger partial charge on any atom is 0.416 e. The molecule has 1 heterocycles. The Morgan fingerprint density at radius 3 is 2.67 bits per heavy atom. The molecule has 0 aliphatic carbocycles. The summed E-state index contributed by atoms with van der Waals surface area (Å²) in [4.78, 5) is 11.1. The predicted octanol–water partition coefficient (Wildman–Crippen LogP) is 2.91. The monoisotopic (exact) mass is 259 g/mol. The van der Waals surface area contributed by atoms with Crippen molar-refractivity contribution in [3.63, 3.8) is 0 Å². The van der Waals surface area contributed by atoms with Crippen LogP contribution in [0.3, 0.4) is 0 Å². The highest BCUT2D eigenvalue weighted by atomic mass is 19.4. The Bertz CT molecular complexity index is 499. The van der Waals surface area contributed by atoms with Crippen LogP contribution in [0.4, 0.5) is 18.9 Å². The standard InChI is InChI=1S/C12H12F3NO2/c1-11(10(17)18)6-5-7-8(12(13,14)15)3-2-4-9(7)16-11/h2-4,16H,5-6H2,1H3,(H,17,18). The highest BCUT2D eigenvalue weighted by molar-refractivity contribution is 5.83. The summed E-state index contributed by atoms with van der Waals surface area (Å²) in [5, 5.41) is 11.8. The fourth-order valence-electron chi connectivity index (χ4n) is 2.13. The van der Waals surface area contributed by atoms with Crippen molar-refractivity contribution in [2.24, 2.45) is 0 Å². The molecule has 0 aromatic heterocycles. The average molecular weight is 259 g/mol. The minimum Gasteiger partial charge on any atom is -0.480 e. The van der Waals surface area contributed by atoms with E-state index in [1.165, 1.54) is 19.1 Å². The smallest absolute Gasteiger partial charge is 0.416 e. The van der Waals surface area contributed by atoms with E-state index in [2.05, 4.69) is 5.32 Å². The normalized spacial score (nSPS) is 23.1. The highest BCUT2D eigenvalue weighted by Gasteiger charge is 2.40. The second-order valence-corrected chi connectivity index (χ2v) is 4.59. The van der Waals surface area contributed by atoms with Crippen molar-refractivity contribution >= 4 is 11.7 Å². The van der Waals surface area contributed by atoms with Gasteiger partial charge in [-0.1, -0.05) is 6.07 Å². The number of benzene rings is 1. The zero-order chi connectivity index (χ0) is 13.6. The van der Waals surface area contributed by atoms with Gasteiger partial charge in [-0.2, -0.15) is 13.2 Å². The molecular weight excluding hydrogens is 247 g/mol. The lowest BCUT2D eigenvalue weighted by Gasteiger charge is -2.34. The first-order valence-electron chi connectivity index (χ1n) is 5.45. The molecular formula is C12H12F3NO2. The van der Waals surface area contributed by atoms with E-state index in [1.54, 1.807) is 0 Å². The lowest BCUT2D eigenvalue weighted by atomic mass is 9.86. The molecule has 0 saturated heterocycles. The zero-order valence-electron chi connectivity index (χ0n) is 9.64. The van der Waals surface area contributed by atoms with Gasteiger partial charge in [-0.3, -0.25) is 0 Å². The summed E-state index contributed by atoms with van der Waals surface area (Å²) in [6, 6.07) is 3.77. The van der Waals surface area contributed by atoms with Gasteiger partial charge in [0.15, 0.2) is 0 Å². The SMILES string of the molecule is CC1(C(=O)O)CCc2c(cccc2C(F)(F)F)N1. The molecule has 0 saturated carbocycles. The first-order valence-corrected chi connectivity index (χ1v) is 5.45. The minimum absolute atomic E-state index is 0.0980. The van der Waals surface area contributed by atoms with E-state index in [1.807, 2.05) is 0 Å². The summed E-state index contributed by atoms with van der Waals surface area (Å²) in [7, 11) is 0. The topological polar surface area (TPSA) is 49.3 Å². The van der Waals surface area contributed by atoms with Crippen molar-refractivity contribution in [1.82, 2.24) is 0 Å². The molecule has 1 unspecified atom stereocenters. The van der Waals surface area contributed by atoms with Crippen molar-refractivity contribution in [3.8, 4) is 0 Å². The molecule has 0 radical (unpaired) electrons. The van der Waals surface area contributed by atoms with Crippen LogP contribution in [0.15, 0.2) is 18.2 Å². The molecule has 1 aliphatic rings. The summed E-state index contributed by atoms with van der Waals surface area (Å²) in [5.41, 5.74) is -1.51. The van der Waals surface area contributed by atoms with Crippen molar-refractivity contribution in [2.45, 2.75) is 31.5 Å². The average Bonchev–Trinajstić information content (AvgIpc) is 2.26. The third-order valence-electron chi connectivity index (χ3n) is 3.24. The Morgan fingerprint density at radius 2 is 2.11 bits per heavy atom. The lowest BCUT2D eigenvalue weighted by Crippen LogP contribution is -2.46. The summed E-state index contributed by atoms with van der Waals surface area (Å²) in [6.45, 7) is 1.47. The fourth-order valence-corrected chi connectivity index (χ4v) is 2.13. The predicted molar refractivity (Wildman–Crippen MR) is 59.4 cm³/mol. The van der Waals surface area contributed by atoms with Crippen LogP contribution in [-0.2, 0) is 17.4 Å². The van der Waals surface area contributed by atoms with Gasteiger partial charge in [0.2, 0.25) is 0 Å². The second-order valence-electron chi connectivity index (χ2n) is 4.59. The van der Waals surface area contributed by atoms with Gasteiger partial charge in [0.1, 0.15) is 5.54 Å². The molecule has 1 aliphatic heterocycles. The zero-order valence-corrected chi connectivity index (χ0v) is 9.64. The molecule has 3 nitrogen and oxygen atoms in total. The number of halogens is 3. The molecule has 0 fully saturated rings. The number of carboxylic acid groups (broad SMARTS) is 1. The number of carbonyl (C=O) groups is 1. The molecule has 2 rings (SSSR count). The van der Waals surface area contributed by atoms with E-state index >= 15 is 0 Å². The number of alkyl halides is 3. The van der Waals surface area contributed by atoms with Crippen LogP contribution < -0.4 is 5.32 Å². The maximum absolute atomic E-state index is 12.8. The number of anilines is 1. The first kappa shape index (κ1) is 12.7. The fraction of sp³-hybridized carbons (Fsp3) is 0.417. The molecule has 18 heavy (non-hydrogen) atoms. The Labute approximate surface area is 102 Å². The van der Waals surface area contributed by atoms with E-state index in [4.69, 9.17) is 5.11 Å². The van der Waals surface area contributed by atoms with Crippen LogP contribution in [0.2, 0.25) is 0 Å². The summed E-state index contributed by atoms with van der Waals surface area (Å²) >= 11 is 0. The van der Waals surface area contributed by atoms with Crippen LogP contribution in [-0.4, -0.2) is 16.6 Å². The Balaban J connectivity index is 2.45. The molecule has 1 atom stereocenters. The van der Waals surface area contributed by atoms with E-state index in [0.29, 0.717) is 0 Å². The largest absolute Gasteiger partial charge is 0.480 e. The van der Waals surface area contributed by atoms with Crippen molar-refractivity contribution in [1.29, 1.82) is 0 Å². The molecule has 1 aromatic rings. The van der Waals surface area contributed by atoms with Gasteiger partial charge in [0.05, 0.1) is 5.56 Å². The molecule has 0 amide bonds. The van der Waals surface area contributed by atoms with E-state index in [9.17, 15) is 18.0 Å². The second kappa shape index (κ2) is 3.90. The number of aliphatic carboxylic acids is 1. The molecule has 6 heteroatoms. The summed E-state index contributed by atoms with van der Waals surface area (Å²) < 4.78 is 38.3. The number of carboxylic acids is 1. The van der Waals surface area contributed by atoms with E-state index in [-0.39, 0.29) is 24.1 Å². The van der Waals surface area contributed by atoms with Crippen LogP contribution in [0.5, 0.6) is 0 Å². The minimum atomic E-state index is -4.41. The first-order chi connectivity index (χ1) is 8.24. The molecule has 98 valence electrons. The number of fused-ring (bicyclic) bond motifs is 1. The van der Waals surface area contributed by atoms with Gasteiger partial charge in [-0.05, 0) is 37.5 Å². The number of hydrogen-bond acceptors (Lipinski definition) is 2. The summed E-state index contributed by atoms with van der Waals surface area (Å²) in [6.07, 6.45) is -4.19. The number of rotatable bonds is 1. The molecule has 2 N–H and O–H groups in total. The van der Waals surface area contributed by atoms with Gasteiger partial charge in [-0.25, -0.2) is 4.79 Å². The van der Waals surface area contributed by atoms with Crippen LogP contribution in [0.1, 0.15) is 24.5 Å².